The lowest BCUT2D eigenvalue weighted by Crippen LogP contribution is -2.39. The first-order valence-corrected chi connectivity index (χ1v) is 12.0. The Hall–Kier alpha value is -4.72. The molecular formula is C29H25FN4O3. The molecule has 1 aromatic heterocycles. The van der Waals surface area contributed by atoms with Crippen LogP contribution in [0.2, 0.25) is 0 Å². The summed E-state index contributed by atoms with van der Waals surface area (Å²) in [5.41, 5.74) is 8.82. The molecule has 2 N–H and O–H groups in total. The summed E-state index contributed by atoms with van der Waals surface area (Å²) in [6.45, 7) is 1.80. The predicted octanol–water partition coefficient (Wildman–Crippen LogP) is 5.68. The number of hydrogen-bond donors (Lipinski definition) is 2. The Bertz CT molecular complexity index is 1430. The van der Waals surface area contributed by atoms with Gasteiger partial charge in [0.2, 0.25) is 0 Å². The second-order valence-corrected chi connectivity index (χ2v) is 8.63. The zero-order valence-corrected chi connectivity index (χ0v) is 20.2. The molecule has 7 nitrogen and oxygen atoms in total. The van der Waals surface area contributed by atoms with Crippen molar-refractivity contribution in [3.63, 3.8) is 0 Å². The van der Waals surface area contributed by atoms with Gasteiger partial charge in [0, 0.05) is 17.5 Å². The van der Waals surface area contributed by atoms with Crippen molar-refractivity contribution in [3.05, 3.63) is 119 Å². The summed E-state index contributed by atoms with van der Waals surface area (Å²) in [7, 11) is 0. The number of nitrogens with zero attached hydrogens (tertiary/aromatic N) is 2. The number of hydrazine groups is 1. The third-order valence-electron chi connectivity index (χ3n) is 6.18. The van der Waals surface area contributed by atoms with Crippen molar-refractivity contribution in [1.29, 1.82) is 0 Å². The molecule has 0 radical (unpaired) electrons. The van der Waals surface area contributed by atoms with Crippen LogP contribution in [0.5, 0.6) is 0 Å². The average molecular weight is 497 g/mol. The van der Waals surface area contributed by atoms with Gasteiger partial charge in [-0.25, -0.2) is 9.82 Å². The summed E-state index contributed by atoms with van der Waals surface area (Å²) in [6.07, 6.45) is 1.98. The maximum absolute atomic E-state index is 14.0. The maximum Gasteiger partial charge on any atom is 0.306 e. The minimum Gasteiger partial charge on any atom is -0.455 e. The van der Waals surface area contributed by atoms with Crippen LogP contribution in [0.1, 0.15) is 50.6 Å². The highest BCUT2D eigenvalue weighted by Crippen LogP contribution is 2.31. The number of nitrogens with one attached hydrogen (secondary N) is 2. The molecule has 0 aliphatic heterocycles. The second-order valence-electron chi connectivity index (χ2n) is 8.63. The molecule has 1 aliphatic rings. The van der Waals surface area contributed by atoms with Gasteiger partial charge in [-0.3, -0.25) is 20.0 Å². The van der Waals surface area contributed by atoms with Crippen LogP contribution in [-0.4, -0.2) is 17.5 Å². The van der Waals surface area contributed by atoms with Gasteiger partial charge in [0.25, 0.3) is 5.91 Å². The Morgan fingerprint density at radius 3 is 2.14 bits per heavy atom. The number of carbonyl (C=O) groups excluding carboxylic acids is 2. The SMILES string of the molecule is Cc1c(C(=O)NN(c2ccccc2)c2ccccc2)oc2c1/C(=N/NC(=O)c1ccccc1F)CCC2. The number of aryl methyl sites for hydroxylation is 1. The molecule has 3 aromatic carbocycles. The third-order valence-corrected chi connectivity index (χ3v) is 6.18. The summed E-state index contributed by atoms with van der Waals surface area (Å²) < 4.78 is 20.0. The van der Waals surface area contributed by atoms with E-state index in [2.05, 4.69) is 16.0 Å². The molecule has 2 amide bonds. The molecule has 0 atom stereocenters. The standard InChI is InChI=1S/C29H25FN4O3/c1-19-26-24(31-32-28(35)22-15-8-9-16-23(22)30)17-10-18-25(26)37-27(19)29(36)33-34(20-11-4-2-5-12-20)21-13-6-3-7-14-21/h2-9,11-16H,10,17-18H2,1H3,(H,32,35)(H,33,36)/b31-24+. The van der Waals surface area contributed by atoms with E-state index in [1.165, 1.54) is 18.2 Å². The van der Waals surface area contributed by atoms with E-state index in [0.717, 1.165) is 17.8 Å². The van der Waals surface area contributed by atoms with E-state index in [-0.39, 0.29) is 11.3 Å². The summed E-state index contributed by atoms with van der Waals surface area (Å²) in [5.74, 6) is -0.854. The summed E-state index contributed by atoms with van der Waals surface area (Å²) >= 11 is 0. The van der Waals surface area contributed by atoms with Crippen molar-refractivity contribution in [2.24, 2.45) is 5.10 Å². The minimum atomic E-state index is -0.641. The number of furan rings is 1. The number of amides is 2. The Morgan fingerprint density at radius 2 is 1.49 bits per heavy atom. The van der Waals surface area contributed by atoms with Gasteiger partial charge >= 0.3 is 5.91 Å². The van der Waals surface area contributed by atoms with Crippen LogP contribution in [0.25, 0.3) is 0 Å². The van der Waals surface area contributed by atoms with Gasteiger partial charge in [0.1, 0.15) is 11.6 Å². The van der Waals surface area contributed by atoms with Crippen molar-refractivity contribution in [2.45, 2.75) is 26.2 Å². The minimum absolute atomic E-state index is 0.0891. The maximum atomic E-state index is 14.0. The van der Waals surface area contributed by atoms with E-state index in [1.807, 2.05) is 60.7 Å². The molecule has 0 unspecified atom stereocenters. The number of carbonyl (C=O) groups is 2. The topological polar surface area (TPSA) is 86.9 Å². The quantitative estimate of drug-likeness (QED) is 0.336. The van der Waals surface area contributed by atoms with Gasteiger partial charge in [0.15, 0.2) is 5.76 Å². The number of para-hydroxylation sites is 2. The van der Waals surface area contributed by atoms with Crippen LogP contribution in [0.3, 0.4) is 0 Å². The van der Waals surface area contributed by atoms with Gasteiger partial charge in [0.05, 0.1) is 22.6 Å². The monoisotopic (exact) mass is 496 g/mol. The number of anilines is 2. The van der Waals surface area contributed by atoms with E-state index < -0.39 is 17.6 Å². The van der Waals surface area contributed by atoms with Crippen LogP contribution in [0.15, 0.2) is 94.4 Å². The van der Waals surface area contributed by atoms with Crippen LogP contribution < -0.4 is 15.9 Å². The van der Waals surface area contributed by atoms with E-state index in [1.54, 1.807) is 18.0 Å². The molecule has 8 heteroatoms. The Labute approximate surface area is 213 Å². The van der Waals surface area contributed by atoms with Gasteiger partial charge in [-0.15, -0.1) is 0 Å². The van der Waals surface area contributed by atoms with Crippen LogP contribution >= 0.6 is 0 Å². The van der Waals surface area contributed by atoms with Gasteiger partial charge in [-0.05, 0) is 56.2 Å². The van der Waals surface area contributed by atoms with Gasteiger partial charge in [-0.1, -0.05) is 48.5 Å². The summed E-state index contributed by atoms with van der Waals surface area (Å²) in [4.78, 5) is 25.9. The van der Waals surface area contributed by atoms with E-state index in [4.69, 9.17) is 4.42 Å². The summed E-state index contributed by atoms with van der Waals surface area (Å²) in [5, 5.41) is 5.98. The second kappa shape index (κ2) is 10.5. The number of hydrazone groups is 1. The van der Waals surface area contributed by atoms with Crippen LogP contribution in [0, 0.1) is 12.7 Å². The van der Waals surface area contributed by atoms with E-state index >= 15 is 0 Å². The lowest BCUT2D eigenvalue weighted by atomic mass is 9.93. The fraction of sp³-hybridized carbons (Fsp3) is 0.138. The van der Waals surface area contributed by atoms with Crippen molar-refractivity contribution in [2.75, 3.05) is 5.01 Å². The van der Waals surface area contributed by atoms with Crippen molar-refractivity contribution < 1.29 is 18.4 Å². The van der Waals surface area contributed by atoms with Crippen molar-refractivity contribution in [1.82, 2.24) is 10.9 Å². The zero-order chi connectivity index (χ0) is 25.8. The number of fused-ring (bicyclic) bond motifs is 1. The highest BCUT2D eigenvalue weighted by atomic mass is 19.1. The fourth-order valence-electron chi connectivity index (χ4n) is 4.41. The molecule has 0 fully saturated rings. The molecule has 1 heterocycles. The van der Waals surface area contributed by atoms with Gasteiger partial charge in [-0.2, -0.15) is 5.10 Å². The van der Waals surface area contributed by atoms with E-state index in [9.17, 15) is 14.0 Å². The van der Waals surface area contributed by atoms with E-state index in [0.29, 0.717) is 35.4 Å². The molecule has 37 heavy (non-hydrogen) atoms. The van der Waals surface area contributed by atoms with Crippen molar-refractivity contribution in [3.8, 4) is 0 Å². The summed E-state index contributed by atoms with van der Waals surface area (Å²) in [6, 6.07) is 24.7. The first-order valence-electron chi connectivity index (χ1n) is 12.0. The molecule has 0 saturated heterocycles. The van der Waals surface area contributed by atoms with Crippen LogP contribution in [-0.2, 0) is 6.42 Å². The molecule has 5 rings (SSSR count). The lowest BCUT2D eigenvalue weighted by Gasteiger charge is -2.25. The van der Waals surface area contributed by atoms with Gasteiger partial charge < -0.3 is 4.42 Å². The zero-order valence-electron chi connectivity index (χ0n) is 20.2. The number of benzene rings is 3. The lowest BCUT2D eigenvalue weighted by molar-refractivity contribution is 0.0921. The largest absolute Gasteiger partial charge is 0.455 e. The van der Waals surface area contributed by atoms with Crippen molar-refractivity contribution >= 4 is 28.9 Å². The highest BCUT2D eigenvalue weighted by Gasteiger charge is 2.29. The smallest absolute Gasteiger partial charge is 0.306 e. The number of hydrogen-bond acceptors (Lipinski definition) is 5. The Morgan fingerprint density at radius 1 is 0.865 bits per heavy atom. The first kappa shape index (κ1) is 24.0. The van der Waals surface area contributed by atoms with Crippen LogP contribution in [0.4, 0.5) is 15.8 Å². The highest BCUT2D eigenvalue weighted by molar-refractivity contribution is 6.07. The predicted molar refractivity (Wildman–Crippen MR) is 139 cm³/mol. The molecule has 0 spiro atoms. The Balaban J connectivity index is 1.42. The average Bonchev–Trinajstić information content (AvgIpc) is 3.28. The molecule has 186 valence electrons. The third kappa shape index (κ3) is 4.99. The fourth-order valence-corrected chi connectivity index (χ4v) is 4.41. The normalized spacial score (nSPS) is 13.6. The Kier molecular flexibility index (Phi) is 6.81. The molecule has 1 aliphatic carbocycles. The molecule has 0 bridgehead atoms. The molecule has 4 aromatic rings. The molecule has 0 saturated carbocycles. The molecular weight excluding hydrogens is 471 g/mol. The number of halogens is 1. The first-order chi connectivity index (χ1) is 18.0. The number of rotatable bonds is 6.